The highest BCUT2D eigenvalue weighted by molar-refractivity contribution is 5.91. The van der Waals surface area contributed by atoms with Gasteiger partial charge in [0.1, 0.15) is 35.2 Å². The van der Waals surface area contributed by atoms with E-state index in [1.807, 2.05) is 0 Å². The Morgan fingerprint density at radius 1 is 1.00 bits per heavy atom. The number of rotatable bonds is 7. The van der Waals surface area contributed by atoms with E-state index in [0.717, 1.165) is 24.3 Å². The van der Waals surface area contributed by atoms with Gasteiger partial charge in [-0.1, -0.05) is 13.8 Å². The molecule has 6 atom stereocenters. The number of hydrogen-bond donors (Lipinski definition) is 7. The van der Waals surface area contributed by atoms with Gasteiger partial charge in [0.05, 0.1) is 12.5 Å². The first kappa shape index (κ1) is 28.0. The zero-order valence-electron chi connectivity index (χ0n) is 20.8. The molecule has 1 aliphatic heterocycles. The molecule has 1 fully saturated rings. The largest absolute Gasteiger partial charge is 0.507 e. The summed E-state index contributed by atoms with van der Waals surface area (Å²) in [4.78, 5) is 25.4. The molecule has 210 valence electrons. The predicted molar refractivity (Wildman–Crippen MR) is 132 cm³/mol. The Kier molecular flexibility index (Phi) is 7.88. The van der Waals surface area contributed by atoms with Crippen molar-refractivity contribution >= 4 is 16.9 Å². The fourth-order valence-corrected chi connectivity index (χ4v) is 4.02. The summed E-state index contributed by atoms with van der Waals surface area (Å²) in [5.74, 6) is -4.35. The summed E-state index contributed by atoms with van der Waals surface area (Å²) in [6, 6.07) is 5.41. The van der Waals surface area contributed by atoms with E-state index < -0.39 is 94.3 Å². The molecule has 0 aliphatic carbocycles. The van der Waals surface area contributed by atoms with Crippen LogP contribution in [0.25, 0.3) is 22.3 Å². The lowest BCUT2D eigenvalue weighted by Gasteiger charge is -2.41. The molecule has 2 aromatic carbocycles. The number of aliphatic hydroxyl groups is 3. The maximum absolute atomic E-state index is 12.9. The molecule has 1 unspecified atom stereocenters. The van der Waals surface area contributed by atoms with E-state index in [0.29, 0.717) is 6.42 Å². The molecular formula is C26H28O13. The quantitative estimate of drug-likeness (QED) is 0.162. The standard InChI is InChI=1S/C26H28O13/c1-3-10(2)25(35)38-24-21(34)20(33)18(9-27)37-26(24)39-22-16(32)7-14(30)19-15(31)8-17(36-23(19)22)11-4-5-12(28)13(29)6-11/h4-8,10,18,20-21,24,26-30,32-34H,3,9H2,1-2H3/t10?,18-,20-,21+,24-,26+/m1/s1. The van der Waals surface area contributed by atoms with Crippen LogP contribution in [0.4, 0.5) is 0 Å². The van der Waals surface area contributed by atoms with Crippen molar-refractivity contribution < 1.29 is 59.2 Å². The van der Waals surface area contributed by atoms with Gasteiger partial charge in [0.25, 0.3) is 0 Å². The average Bonchev–Trinajstić information content (AvgIpc) is 2.90. The molecule has 39 heavy (non-hydrogen) atoms. The van der Waals surface area contributed by atoms with Crippen LogP contribution in [0.3, 0.4) is 0 Å². The summed E-state index contributed by atoms with van der Waals surface area (Å²) >= 11 is 0. The Bertz CT molecular complexity index is 1430. The summed E-state index contributed by atoms with van der Waals surface area (Å²) in [5, 5.41) is 70.7. The Morgan fingerprint density at radius 2 is 1.72 bits per heavy atom. The van der Waals surface area contributed by atoms with Crippen molar-refractivity contribution in [2.75, 3.05) is 6.61 Å². The normalized spacial score (nSPS) is 23.9. The lowest BCUT2D eigenvalue weighted by molar-refractivity contribution is -0.283. The molecule has 1 aliphatic rings. The number of phenols is 4. The summed E-state index contributed by atoms with van der Waals surface area (Å²) in [6.45, 7) is 2.56. The van der Waals surface area contributed by atoms with Gasteiger partial charge in [0, 0.05) is 17.7 Å². The fourth-order valence-electron chi connectivity index (χ4n) is 4.02. The van der Waals surface area contributed by atoms with Gasteiger partial charge in [-0.2, -0.15) is 0 Å². The number of esters is 1. The number of aliphatic hydroxyl groups excluding tert-OH is 3. The number of phenolic OH excluding ortho intramolecular Hbond substituents is 4. The van der Waals surface area contributed by atoms with Gasteiger partial charge < -0.3 is 54.4 Å². The molecule has 1 aromatic heterocycles. The summed E-state index contributed by atoms with van der Waals surface area (Å²) < 4.78 is 22.4. The van der Waals surface area contributed by atoms with Crippen molar-refractivity contribution in [3.63, 3.8) is 0 Å². The third-order valence-corrected chi connectivity index (χ3v) is 6.50. The molecule has 13 nitrogen and oxygen atoms in total. The average molecular weight is 548 g/mol. The molecular weight excluding hydrogens is 520 g/mol. The maximum atomic E-state index is 12.9. The van der Waals surface area contributed by atoms with E-state index in [-0.39, 0.29) is 11.3 Å². The van der Waals surface area contributed by atoms with Crippen LogP contribution in [0.5, 0.6) is 28.7 Å². The topological polar surface area (TPSA) is 217 Å². The third kappa shape index (κ3) is 5.29. The number of carbonyl (C=O) groups excluding carboxylic acids is 1. The van der Waals surface area contributed by atoms with Crippen molar-refractivity contribution in [3.8, 4) is 40.1 Å². The molecule has 1 saturated heterocycles. The molecule has 0 amide bonds. The van der Waals surface area contributed by atoms with E-state index >= 15 is 0 Å². The van der Waals surface area contributed by atoms with Crippen LogP contribution in [0, 0.1) is 5.92 Å². The van der Waals surface area contributed by atoms with E-state index in [1.165, 1.54) is 6.07 Å². The van der Waals surface area contributed by atoms with Gasteiger partial charge in [-0.25, -0.2) is 0 Å². The van der Waals surface area contributed by atoms with Gasteiger partial charge in [-0.05, 0) is 24.6 Å². The van der Waals surface area contributed by atoms with Crippen molar-refractivity contribution in [1.29, 1.82) is 0 Å². The van der Waals surface area contributed by atoms with Crippen molar-refractivity contribution in [2.24, 2.45) is 5.92 Å². The SMILES string of the molecule is CCC(C)C(=O)O[C@H]1[C@H](Oc2c(O)cc(O)c3c(=O)cc(-c4ccc(O)c(O)c4)oc23)O[C@H](CO)[C@@H](O)[C@@H]1O. The van der Waals surface area contributed by atoms with E-state index in [1.54, 1.807) is 13.8 Å². The van der Waals surface area contributed by atoms with E-state index in [2.05, 4.69) is 0 Å². The lowest BCUT2D eigenvalue weighted by Crippen LogP contribution is -2.61. The zero-order valence-corrected chi connectivity index (χ0v) is 20.8. The number of aromatic hydroxyl groups is 4. The first-order chi connectivity index (χ1) is 18.5. The minimum Gasteiger partial charge on any atom is -0.507 e. The highest BCUT2D eigenvalue weighted by Gasteiger charge is 2.48. The van der Waals surface area contributed by atoms with Gasteiger partial charge in [0.2, 0.25) is 12.0 Å². The smallest absolute Gasteiger partial charge is 0.309 e. The van der Waals surface area contributed by atoms with Crippen molar-refractivity contribution in [1.82, 2.24) is 0 Å². The van der Waals surface area contributed by atoms with Crippen molar-refractivity contribution in [2.45, 2.75) is 51.0 Å². The molecule has 0 spiro atoms. The Balaban J connectivity index is 1.83. The zero-order chi connectivity index (χ0) is 28.6. The first-order valence-electron chi connectivity index (χ1n) is 12.0. The van der Waals surface area contributed by atoms with Gasteiger partial charge in [-0.3, -0.25) is 9.59 Å². The second-order valence-corrected chi connectivity index (χ2v) is 9.16. The number of benzene rings is 2. The van der Waals surface area contributed by atoms with Gasteiger partial charge in [-0.15, -0.1) is 0 Å². The Hall–Kier alpha value is -4.04. The van der Waals surface area contributed by atoms with Crippen LogP contribution < -0.4 is 10.2 Å². The molecule has 0 radical (unpaired) electrons. The molecule has 13 heteroatoms. The molecule has 0 saturated carbocycles. The van der Waals surface area contributed by atoms with Crippen LogP contribution >= 0.6 is 0 Å². The minimum absolute atomic E-state index is 0.145. The summed E-state index contributed by atoms with van der Waals surface area (Å²) in [5.41, 5.74) is -1.10. The van der Waals surface area contributed by atoms with E-state index in [9.17, 15) is 45.3 Å². The monoisotopic (exact) mass is 548 g/mol. The fraction of sp³-hybridized carbons (Fsp3) is 0.385. The second-order valence-electron chi connectivity index (χ2n) is 9.16. The van der Waals surface area contributed by atoms with Gasteiger partial charge in [0.15, 0.2) is 34.4 Å². The van der Waals surface area contributed by atoms with Gasteiger partial charge >= 0.3 is 5.97 Å². The Labute approximate surface area is 220 Å². The highest BCUT2D eigenvalue weighted by atomic mass is 16.7. The molecule has 3 aromatic rings. The van der Waals surface area contributed by atoms with Crippen LogP contribution in [0.2, 0.25) is 0 Å². The van der Waals surface area contributed by atoms with Crippen LogP contribution in [0.1, 0.15) is 20.3 Å². The van der Waals surface area contributed by atoms with Crippen LogP contribution in [-0.4, -0.2) is 79.0 Å². The summed E-state index contributed by atoms with van der Waals surface area (Å²) in [6.07, 6.45) is -7.78. The number of ether oxygens (including phenoxy) is 3. The number of carbonyl (C=O) groups is 1. The third-order valence-electron chi connectivity index (χ3n) is 6.50. The first-order valence-corrected chi connectivity index (χ1v) is 12.0. The highest BCUT2D eigenvalue weighted by Crippen LogP contribution is 2.42. The minimum atomic E-state index is -1.78. The van der Waals surface area contributed by atoms with Crippen molar-refractivity contribution in [3.05, 3.63) is 40.6 Å². The molecule has 4 rings (SSSR count). The molecule has 2 heterocycles. The maximum Gasteiger partial charge on any atom is 0.309 e. The predicted octanol–water partition coefficient (Wildman–Crippen LogP) is 1.06. The Morgan fingerprint density at radius 3 is 2.36 bits per heavy atom. The lowest BCUT2D eigenvalue weighted by atomic mass is 9.98. The molecule has 7 N–H and O–H groups in total. The van der Waals surface area contributed by atoms with E-state index in [4.69, 9.17) is 18.6 Å². The summed E-state index contributed by atoms with van der Waals surface area (Å²) in [7, 11) is 0. The number of hydrogen-bond acceptors (Lipinski definition) is 13. The van der Waals surface area contributed by atoms with Crippen LogP contribution in [-0.2, 0) is 14.3 Å². The number of fused-ring (bicyclic) bond motifs is 1. The van der Waals surface area contributed by atoms with Crippen LogP contribution in [0.15, 0.2) is 39.5 Å². The second kappa shape index (κ2) is 11.0. The molecule has 0 bridgehead atoms.